The molecule has 0 radical (unpaired) electrons. The summed E-state index contributed by atoms with van der Waals surface area (Å²) in [7, 11) is 0. The van der Waals surface area contributed by atoms with Gasteiger partial charge >= 0.3 is 0 Å². The van der Waals surface area contributed by atoms with Crippen LogP contribution in [0.2, 0.25) is 0 Å². The molecule has 3 rings (SSSR count). The summed E-state index contributed by atoms with van der Waals surface area (Å²) in [6.45, 7) is 35.9. The molecule has 1 atom stereocenters. The summed E-state index contributed by atoms with van der Waals surface area (Å²) in [5.74, 6) is 1.63. The molecule has 0 heterocycles. The van der Waals surface area contributed by atoms with Crippen LogP contribution in [-0.4, -0.2) is 29.5 Å². The van der Waals surface area contributed by atoms with Crippen molar-refractivity contribution in [1.82, 2.24) is 0 Å². The quantitative estimate of drug-likeness (QED) is 0.141. The lowest BCUT2D eigenvalue weighted by Gasteiger charge is -2.41. The Morgan fingerprint density at radius 1 is 0.696 bits per heavy atom. The standard InChI is InChI=1S/C50H74N2O4/c1-17-19-23-55-43-38(46(5,6)7)27-35(28-39(43)47(8,9)10)50(54,45(52)37(32(3)4)26-34-25-33(31-51)21-22-42(34)53)36-29-40(48(11,12)13)44(56-24-20-18-2)41(30-36)49(14,15)16/h21-22,25-30,32,45,53-54H,17-20,23-24,52H2,1-16H3. The van der Waals surface area contributed by atoms with Gasteiger partial charge in [-0.3, -0.25) is 0 Å². The van der Waals surface area contributed by atoms with Gasteiger partial charge in [0.05, 0.1) is 30.9 Å². The van der Waals surface area contributed by atoms with Gasteiger partial charge in [0.1, 0.15) is 22.8 Å². The van der Waals surface area contributed by atoms with Crippen LogP contribution in [0.25, 0.3) is 6.08 Å². The second-order valence-electron chi connectivity index (χ2n) is 20.1. The van der Waals surface area contributed by atoms with Crippen molar-refractivity contribution in [1.29, 1.82) is 5.26 Å². The highest BCUT2D eigenvalue weighted by molar-refractivity contribution is 5.65. The number of aliphatic hydroxyl groups is 1. The van der Waals surface area contributed by atoms with Crippen LogP contribution in [0, 0.1) is 17.2 Å². The normalized spacial score (nSPS) is 13.9. The van der Waals surface area contributed by atoms with Crippen LogP contribution in [0.3, 0.4) is 0 Å². The Balaban J connectivity index is 2.69. The Kier molecular flexibility index (Phi) is 14.8. The molecule has 1 unspecified atom stereocenters. The van der Waals surface area contributed by atoms with Crippen molar-refractivity contribution in [2.75, 3.05) is 13.2 Å². The van der Waals surface area contributed by atoms with Gasteiger partial charge in [0.15, 0.2) is 0 Å². The SMILES string of the molecule is CCCCOc1c(C(C)(C)C)cc(C(O)(c2cc(C(C)(C)C)c(OCCCC)c(C(C)(C)C)c2)C(N)C(=Cc2cc(C#N)ccc2O)C(C)C)cc1C(C)(C)C. The molecule has 4 N–H and O–H groups in total. The third-order valence-electron chi connectivity index (χ3n) is 10.7. The molecule has 3 aromatic rings. The van der Waals surface area contributed by atoms with Gasteiger partial charge in [-0.25, -0.2) is 0 Å². The van der Waals surface area contributed by atoms with E-state index in [-0.39, 0.29) is 33.3 Å². The summed E-state index contributed by atoms with van der Waals surface area (Å²) in [5.41, 5.74) is 11.5. The van der Waals surface area contributed by atoms with Crippen molar-refractivity contribution in [3.63, 3.8) is 0 Å². The molecule has 56 heavy (non-hydrogen) atoms. The van der Waals surface area contributed by atoms with Gasteiger partial charge in [0.2, 0.25) is 0 Å². The fourth-order valence-corrected chi connectivity index (χ4v) is 7.18. The lowest BCUT2D eigenvalue weighted by atomic mass is 9.69. The van der Waals surface area contributed by atoms with E-state index in [0.29, 0.717) is 35.5 Å². The summed E-state index contributed by atoms with van der Waals surface area (Å²) in [4.78, 5) is 0. The monoisotopic (exact) mass is 767 g/mol. The van der Waals surface area contributed by atoms with E-state index < -0.39 is 11.6 Å². The number of rotatable bonds is 14. The van der Waals surface area contributed by atoms with Gasteiger partial charge in [-0.1, -0.05) is 130 Å². The van der Waals surface area contributed by atoms with E-state index >= 15 is 0 Å². The number of nitrogens with two attached hydrogens (primary N) is 1. The number of phenolic OH excluding ortho intramolecular Hbond substituents is 1. The van der Waals surface area contributed by atoms with E-state index in [1.54, 1.807) is 12.1 Å². The van der Waals surface area contributed by atoms with Gasteiger partial charge in [-0.2, -0.15) is 5.26 Å². The van der Waals surface area contributed by atoms with E-state index in [9.17, 15) is 15.5 Å². The summed E-state index contributed by atoms with van der Waals surface area (Å²) in [5, 5.41) is 34.9. The zero-order valence-corrected chi connectivity index (χ0v) is 37.8. The minimum absolute atomic E-state index is 0.0372. The van der Waals surface area contributed by atoms with Crippen LogP contribution >= 0.6 is 0 Å². The van der Waals surface area contributed by atoms with Crippen molar-refractivity contribution >= 4 is 6.08 Å². The topological polar surface area (TPSA) is 109 Å². The number of hydrogen-bond acceptors (Lipinski definition) is 6. The Hall–Kier alpha value is -3.79. The van der Waals surface area contributed by atoms with Gasteiger partial charge < -0.3 is 25.4 Å². The first-order valence-corrected chi connectivity index (χ1v) is 20.8. The number of ether oxygens (including phenoxy) is 2. The molecule has 0 aromatic heterocycles. The number of nitrogens with zero attached hydrogens (tertiary/aromatic N) is 1. The van der Waals surface area contributed by atoms with Crippen LogP contribution in [0.15, 0.2) is 48.0 Å². The van der Waals surface area contributed by atoms with E-state index in [0.717, 1.165) is 65.0 Å². The third kappa shape index (κ3) is 10.6. The highest BCUT2D eigenvalue weighted by Crippen LogP contribution is 2.49. The number of aromatic hydroxyl groups is 1. The van der Waals surface area contributed by atoms with Crippen LogP contribution in [0.4, 0.5) is 0 Å². The molecule has 308 valence electrons. The molecule has 6 heteroatoms. The molecule has 0 aliphatic rings. The molecule has 0 saturated heterocycles. The number of unbranched alkanes of at least 4 members (excludes halogenated alkanes) is 2. The van der Waals surface area contributed by atoms with Crippen LogP contribution in [0.1, 0.15) is 181 Å². The highest BCUT2D eigenvalue weighted by atomic mass is 16.5. The Bertz CT molecular complexity index is 1720. The summed E-state index contributed by atoms with van der Waals surface area (Å²) >= 11 is 0. The molecule has 0 spiro atoms. The van der Waals surface area contributed by atoms with Gasteiger partial charge in [-0.05, 0) is 99.6 Å². The Morgan fingerprint density at radius 3 is 1.38 bits per heavy atom. The first-order valence-electron chi connectivity index (χ1n) is 20.8. The summed E-state index contributed by atoms with van der Waals surface area (Å²) in [6, 6.07) is 14.5. The van der Waals surface area contributed by atoms with Crippen molar-refractivity contribution in [2.24, 2.45) is 11.7 Å². The maximum absolute atomic E-state index is 14.1. The Morgan fingerprint density at radius 2 is 1.07 bits per heavy atom. The molecule has 0 aliphatic carbocycles. The van der Waals surface area contributed by atoms with Crippen molar-refractivity contribution in [3.05, 3.63) is 92.5 Å². The summed E-state index contributed by atoms with van der Waals surface area (Å²) < 4.78 is 13.4. The molecule has 0 bridgehead atoms. The lowest BCUT2D eigenvalue weighted by molar-refractivity contribution is 0.0603. The summed E-state index contributed by atoms with van der Waals surface area (Å²) in [6.07, 6.45) is 5.76. The highest BCUT2D eigenvalue weighted by Gasteiger charge is 2.45. The minimum atomic E-state index is -1.78. The predicted molar refractivity (Wildman–Crippen MR) is 235 cm³/mol. The van der Waals surface area contributed by atoms with E-state index in [4.69, 9.17) is 15.2 Å². The smallest absolute Gasteiger partial charge is 0.133 e. The maximum Gasteiger partial charge on any atom is 0.133 e. The van der Waals surface area contributed by atoms with Gasteiger partial charge in [0, 0.05) is 27.8 Å². The lowest BCUT2D eigenvalue weighted by Crippen LogP contribution is -2.49. The molecule has 6 nitrogen and oxygen atoms in total. The zero-order valence-electron chi connectivity index (χ0n) is 37.8. The predicted octanol–water partition coefficient (Wildman–Crippen LogP) is 12.1. The van der Waals surface area contributed by atoms with Gasteiger partial charge in [-0.15, -0.1) is 0 Å². The van der Waals surface area contributed by atoms with Gasteiger partial charge in [0.25, 0.3) is 0 Å². The van der Waals surface area contributed by atoms with Crippen LogP contribution in [0.5, 0.6) is 17.2 Å². The first-order chi connectivity index (χ1) is 25.7. The average Bonchev–Trinajstić information content (AvgIpc) is 3.08. The van der Waals surface area contributed by atoms with E-state index in [1.807, 2.05) is 6.08 Å². The molecule has 0 saturated carbocycles. The van der Waals surface area contributed by atoms with E-state index in [1.165, 1.54) is 6.07 Å². The first kappa shape index (κ1) is 46.6. The maximum atomic E-state index is 14.1. The van der Waals surface area contributed by atoms with Crippen LogP contribution < -0.4 is 15.2 Å². The minimum Gasteiger partial charge on any atom is -0.507 e. The average molecular weight is 767 g/mol. The van der Waals surface area contributed by atoms with Crippen molar-refractivity contribution in [3.8, 4) is 23.3 Å². The molecule has 0 fully saturated rings. The molecule has 0 amide bonds. The number of hydrogen-bond donors (Lipinski definition) is 3. The second kappa shape index (κ2) is 17.8. The zero-order chi connectivity index (χ0) is 42.6. The largest absolute Gasteiger partial charge is 0.507 e. The van der Waals surface area contributed by atoms with Crippen LogP contribution in [-0.2, 0) is 27.3 Å². The molecule has 0 aliphatic heterocycles. The molecular weight excluding hydrogens is 693 g/mol. The molecule has 3 aromatic carbocycles. The third-order valence-corrected chi connectivity index (χ3v) is 10.7. The molecular formula is C50H74N2O4. The van der Waals surface area contributed by atoms with Crippen molar-refractivity contribution < 1.29 is 19.7 Å². The number of benzene rings is 3. The second-order valence-corrected chi connectivity index (χ2v) is 20.1. The fourth-order valence-electron chi connectivity index (χ4n) is 7.18. The number of nitriles is 1. The Labute approximate surface area is 340 Å². The fraction of sp³-hybridized carbons (Fsp3) is 0.580. The number of phenols is 1. The van der Waals surface area contributed by atoms with E-state index in [2.05, 4.69) is 141 Å². The van der Waals surface area contributed by atoms with Crippen molar-refractivity contribution in [2.45, 2.75) is 170 Å².